The van der Waals surface area contributed by atoms with E-state index in [1.54, 1.807) is 18.3 Å². The van der Waals surface area contributed by atoms with Crippen LogP contribution >= 0.6 is 0 Å². The molecule has 1 fully saturated rings. The SMILES string of the molecule is Cc1cc(-c2nnc(N3CCCC[C@@H]3c3nnn(-c4cccc(C#N)c4)n3)n2C)ccn1. The van der Waals surface area contributed by atoms with E-state index in [1.165, 1.54) is 4.80 Å². The van der Waals surface area contributed by atoms with E-state index in [1.807, 2.05) is 42.8 Å². The zero-order valence-electron chi connectivity index (χ0n) is 17.9. The molecule has 0 amide bonds. The molecule has 10 heteroatoms. The molecule has 1 aromatic carbocycles. The van der Waals surface area contributed by atoms with E-state index in [4.69, 9.17) is 5.26 Å². The number of pyridine rings is 1. The van der Waals surface area contributed by atoms with E-state index in [9.17, 15) is 0 Å². The van der Waals surface area contributed by atoms with Crippen molar-refractivity contribution in [2.45, 2.75) is 32.2 Å². The van der Waals surface area contributed by atoms with Gasteiger partial charge in [0.25, 0.3) is 0 Å². The number of nitriles is 1. The largest absolute Gasteiger partial charge is 0.330 e. The van der Waals surface area contributed by atoms with Crippen molar-refractivity contribution in [3.8, 4) is 23.1 Å². The Balaban J connectivity index is 1.47. The third-order valence-corrected chi connectivity index (χ3v) is 5.70. The second-order valence-electron chi connectivity index (χ2n) is 7.87. The highest BCUT2D eigenvalue weighted by Gasteiger charge is 2.31. The van der Waals surface area contributed by atoms with Crippen molar-refractivity contribution in [3.05, 3.63) is 59.7 Å². The van der Waals surface area contributed by atoms with E-state index in [2.05, 4.69) is 41.6 Å². The summed E-state index contributed by atoms with van der Waals surface area (Å²) in [5.41, 5.74) is 3.18. The van der Waals surface area contributed by atoms with Gasteiger partial charge in [0.05, 0.1) is 23.4 Å². The molecular weight excluding hydrogens is 404 g/mol. The Morgan fingerprint density at radius 2 is 2.00 bits per heavy atom. The van der Waals surface area contributed by atoms with Gasteiger partial charge in [0, 0.05) is 31.0 Å². The molecule has 0 aliphatic carbocycles. The molecule has 1 aliphatic heterocycles. The molecule has 4 aromatic rings. The van der Waals surface area contributed by atoms with Crippen LogP contribution in [0.1, 0.15) is 42.4 Å². The summed E-state index contributed by atoms with van der Waals surface area (Å²) in [6.45, 7) is 2.80. The monoisotopic (exact) mass is 426 g/mol. The highest BCUT2D eigenvalue weighted by Crippen LogP contribution is 2.33. The van der Waals surface area contributed by atoms with Gasteiger partial charge in [-0.25, -0.2) is 0 Å². The number of hydrogen-bond donors (Lipinski definition) is 0. The molecule has 0 unspecified atom stereocenters. The molecule has 4 heterocycles. The first-order valence-electron chi connectivity index (χ1n) is 10.5. The Bertz CT molecular complexity index is 1300. The average Bonchev–Trinajstić information content (AvgIpc) is 3.46. The third-order valence-electron chi connectivity index (χ3n) is 5.70. The van der Waals surface area contributed by atoms with E-state index >= 15 is 0 Å². The van der Waals surface area contributed by atoms with Crippen molar-refractivity contribution in [2.24, 2.45) is 7.05 Å². The number of aromatic nitrogens is 8. The quantitative estimate of drug-likeness (QED) is 0.489. The van der Waals surface area contributed by atoms with Gasteiger partial charge in [0.15, 0.2) is 11.6 Å². The van der Waals surface area contributed by atoms with E-state index in [0.29, 0.717) is 17.1 Å². The summed E-state index contributed by atoms with van der Waals surface area (Å²) in [4.78, 5) is 7.96. The van der Waals surface area contributed by atoms with Crippen LogP contribution in [0.15, 0.2) is 42.6 Å². The fraction of sp³-hybridized carbons (Fsp3) is 0.318. The maximum Gasteiger partial charge on any atom is 0.227 e. The molecule has 3 aromatic heterocycles. The van der Waals surface area contributed by atoms with E-state index in [0.717, 1.165) is 48.8 Å². The van der Waals surface area contributed by atoms with Crippen LogP contribution in [-0.2, 0) is 7.05 Å². The lowest BCUT2D eigenvalue weighted by molar-refractivity contribution is 0.445. The maximum atomic E-state index is 9.16. The van der Waals surface area contributed by atoms with E-state index < -0.39 is 0 Å². The van der Waals surface area contributed by atoms with Gasteiger partial charge in [-0.2, -0.15) is 5.26 Å². The van der Waals surface area contributed by atoms with Gasteiger partial charge in [-0.15, -0.1) is 25.2 Å². The summed E-state index contributed by atoms with van der Waals surface area (Å²) in [6.07, 6.45) is 4.83. The number of tetrazole rings is 1. The summed E-state index contributed by atoms with van der Waals surface area (Å²) in [5, 5.41) is 31.3. The molecule has 1 aliphatic rings. The smallest absolute Gasteiger partial charge is 0.227 e. The van der Waals surface area contributed by atoms with Crippen LogP contribution in [0.25, 0.3) is 17.1 Å². The molecule has 0 saturated carbocycles. The highest BCUT2D eigenvalue weighted by molar-refractivity contribution is 5.57. The van der Waals surface area contributed by atoms with Crippen LogP contribution in [0.4, 0.5) is 5.95 Å². The first-order chi connectivity index (χ1) is 15.6. The number of piperidine rings is 1. The molecule has 0 bridgehead atoms. The van der Waals surface area contributed by atoms with Crippen LogP contribution in [0.5, 0.6) is 0 Å². The topological polar surface area (TPSA) is 114 Å². The van der Waals surface area contributed by atoms with Gasteiger partial charge >= 0.3 is 0 Å². The molecule has 1 atom stereocenters. The first-order valence-corrected chi connectivity index (χ1v) is 10.5. The number of hydrogen-bond acceptors (Lipinski definition) is 8. The molecule has 160 valence electrons. The minimum atomic E-state index is -0.0495. The lowest BCUT2D eigenvalue weighted by Gasteiger charge is -2.34. The summed E-state index contributed by atoms with van der Waals surface area (Å²) in [6, 6.07) is 13.2. The molecule has 5 rings (SSSR count). The minimum absolute atomic E-state index is 0.0495. The fourth-order valence-electron chi connectivity index (χ4n) is 4.11. The van der Waals surface area contributed by atoms with Gasteiger partial charge in [0.1, 0.15) is 0 Å². The van der Waals surface area contributed by atoms with Crippen LogP contribution in [0.2, 0.25) is 0 Å². The first kappa shape index (κ1) is 19.8. The predicted molar refractivity (Wildman–Crippen MR) is 117 cm³/mol. The van der Waals surface area contributed by atoms with Crippen LogP contribution in [-0.4, -0.2) is 46.5 Å². The normalized spacial score (nSPS) is 16.2. The zero-order chi connectivity index (χ0) is 22.1. The molecule has 0 spiro atoms. The summed E-state index contributed by atoms with van der Waals surface area (Å²) < 4.78 is 2.01. The van der Waals surface area contributed by atoms with Crippen LogP contribution in [0.3, 0.4) is 0 Å². The number of rotatable bonds is 4. The molecule has 1 saturated heterocycles. The Morgan fingerprint density at radius 3 is 2.84 bits per heavy atom. The van der Waals surface area contributed by atoms with E-state index in [-0.39, 0.29) is 6.04 Å². The fourth-order valence-corrected chi connectivity index (χ4v) is 4.11. The standard InChI is InChI=1S/C22H22N10/c1-15-12-17(9-10-24-15)21-26-27-22(30(21)2)31-11-4-3-8-19(31)20-25-29-32(28-20)18-7-5-6-16(13-18)14-23/h5-7,9-10,12-13,19H,3-4,8,11H2,1-2H3/t19-/m1/s1. The average molecular weight is 426 g/mol. The molecule has 32 heavy (non-hydrogen) atoms. The summed E-state index contributed by atoms with van der Waals surface area (Å²) in [7, 11) is 1.98. The maximum absolute atomic E-state index is 9.16. The second kappa shape index (κ2) is 8.19. The second-order valence-corrected chi connectivity index (χ2v) is 7.87. The molecule has 0 N–H and O–H groups in total. The van der Waals surface area contributed by atoms with Crippen molar-refractivity contribution < 1.29 is 0 Å². The van der Waals surface area contributed by atoms with Gasteiger partial charge < -0.3 is 4.90 Å². The van der Waals surface area contributed by atoms with Gasteiger partial charge in [-0.1, -0.05) is 6.07 Å². The van der Waals surface area contributed by atoms with Crippen molar-refractivity contribution in [2.75, 3.05) is 11.4 Å². The van der Waals surface area contributed by atoms with Crippen molar-refractivity contribution >= 4 is 5.95 Å². The van der Waals surface area contributed by atoms with Crippen molar-refractivity contribution in [3.63, 3.8) is 0 Å². The molecular formula is C22H22N10. The van der Waals surface area contributed by atoms with Gasteiger partial charge in [-0.05, 0) is 61.7 Å². The lowest BCUT2D eigenvalue weighted by atomic mass is 10.0. The van der Waals surface area contributed by atoms with Crippen molar-refractivity contribution in [1.29, 1.82) is 5.26 Å². The Labute approximate surface area is 185 Å². The summed E-state index contributed by atoms with van der Waals surface area (Å²) in [5.74, 6) is 2.21. The number of aryl methyl sites for hydroxylation is 1. The van der Waals surface area contributed by atoms with Gasteiger partial charge in [0.2, 0.25) is 5.95 Å². The predicted octanol–water partition coefficient (Wildman–Crippen LogP) is 2.76. The van der Waals surface area contributed by atoms with Gasteiger partial charge in [-0.3, -0.25) is 9.55 Å². The number of benzene rings is 1. The van der Waals surface area contributed by atoms with Crippen molar-refractivity contribution in [1.82, 2.24) is 40.0 Å². The minimum Gasteiger partial charge on any atom is -0.330 e. The lowest BCUT2D eigenvalue weighted by Crippen LogP contribution is -2.36. The Morgan fingerprint density at radius 1 is 1.09 bits per heavy atom. The molecule has 10 nitrogen and oxygen atoms in total. The number of anilines is 1. The van der Waals surface area contributed by atoms with Crippen LogP contribution < -0.4 is 4.90 Å². The Kier molecular flexibility index (Phi) is 5.07. The molecule has 0 radical (unpaired) electrons. The summed E-state index contributed by atoms with van der Waals surface area (Å²) >= 11 is 0. The number of nitrogens with zero attached hydrogens (tertiary/aromatic N) is 10. The Hall–Kier alpha value is -4.13. The highest BCUT2D eigenvalue weighted by atomic mass is 15.6. The third kappa shape index (κ3) is 3.58. The van der Waals surface area contributed by atoms with Crippen LogP contribution in [0, 0.1) is 18.3 Å². The zero-order valence-corrected chi connectivity index (χ0v) is 17.9.